The summed E-state index contributed by atoms with van der Waals surface area (Å²) in [5.41, 5.74) is 1.40. The van der Waals surface area contributed by atoms with Gasteiger partial charge in [-0.25, -0.2) is 4.79 Å². The predicted molar refractivity (Wildman–Crippen MR) is 93.2 cm³/mol. The number of urea groups is 1. The molecule has 0 bridgehead atoms. The molecular formula is C18H25N3O4. The third kappa shape index (κ3) is 5.77. The van der Waals surface area contributed by atoms with Gasteiger partial charge in [-0.05, 0) is 50.3 Å². The first kappa shape index (κ1) is 18.8. The van der Waals surface area contributed by atoms with E-state index < -0.39 is 5.97 Å². The maximum absolute atomic E-state index is 12.0. The van der Waals surface area contributed by atoms with Crippen LogP contribution in [-0.4, -0.2) is 35.6 Å². The second-order valence-corrected chi connectivity index (χ2v) is 6.27. The van der Waals surface area contributed by atoms with Crippen molar-refractivity contribution in [3.63, 3.8) is 0 Å². The van der Waals surface area contributed by atoms with Crippen molar-refractivity contribution in [3.8, 4) is 0 Å². The van der Waals surface area contributed by atoms with Gasteiger partial charge < -0.3 is 21.1 Å². The molecule has 1 fully saturated rings. The van der Waals surface area contributed by atoms with Crippen molar-refractivity contribution in [1.29, 1.82) is 0 Å². The average molecular weight is 347 g/mol. The highest BCUT2D eigenvalue weighted by Crippen LogP contribution is 2.24. The number of hydrogen-bond donors (Lipinski definition) is 4. The summed E-state index contributed by atoms with van der Waals surface area (Å²) >= 11 is 0. The lowest BCUT2D eigenvalue weighted by molar-refractivity contribution is -0.142. The van der Waals surface area contributed by atoms with Crippen molar-refractivity contribution in [1.82, 2.24) is 16.0 Å². The van der Waals surface area contributed by atoms with E-state index in [1.807, 2.05) is 13.0 Å². The van der Waals surface area contributed by atoms with Gasteiger partial charge in [0.2, 0.25) is 0 Å². The number of carbonyl (C=O) groups is 3. The van der Waals surface area contributed by atoms with Crippen molar-refractivity contribution in [3.05, 3.63) is 35.4 Å². The molecule has 1 saturated carbocycles. The van der Waals surface area contributed by atoms with Crippen molar-refractivity contribution < 1.29 is 19.5 Å². The SMILES string of the molecule is CCNC(=O)c1cccc(CNC(=O)NC2CCC(C(=O)O)CC2)c1. The molecule has 0 radical (unpaired) electrons. The van der Waals surface area contributed by atoms with Crippen LogP contribution < -0.4 is 16.0 Å². The average Bonchev–Trinajstić information content (AvgIpc) is 2.61. The summed E-state index contributed by atoms with van der Waals surface area (Å²) in [6.07, 6.45) is 2.54. The van der Waals surface area contributed by atoms with E-state index in [1.54, 1.807) is 18.2 Å². The molecule has 0 atom stereocenters. The van der Waals surface area contributed by atoms with Gasteiger partial charge in [-0.3, -0.25) is 9.59 Å². The maximum atomic E-state index is 12.0. The van der Waals surface area contributed by atoms with Crippen molar-refractivity contribution in [2.45, 2.75) is 45.2 Å². The van der Waals surface area contributed by atoms with Gasteiger partial charge in [0.15, 0.2) is 0 Å². The number of benzene rings is 1. The molecule has 136 valence electrons. The van der Waals surface area contributed by atoms with E-state index in [4.69, 9.17) is 5.11 Å². The molecule has 0 saturated heterocycles. The van der Waals surface area contributed by atoms with Crippen LogP contribution in [0, 0.1) is 5.92 Å². The first-order valence-corrected chi connectivity index (χ1v) is 8.64. The first-order chi connectivity index (χ1) is 12.0. The summed E-state index contributed by atoms with van der Waals surface area (Å²) in [4.78, 5) is 34.8. The summed E-state index contributed by atoms with van der Waals surface area (Å²) in [7, 11) is 0. The Labute approximate surface area is 147 Å². The molecule has 0 unspecified atom stereocenters. The lowest BCUT2D eigenvalue weighted by Crippen LogP contribution is -2.43. The fraction of sp³-hybridized carbons (Fsp3) is 0.500. The molecule has 0 spiro atoms. The van der Waals surface area contributed by atoms with Crippen LogP contribution >= 0.6 is 0 Å². The van der Waals surface area contributed by atoms with Gasteiger partial charge in [0.1, 0.15) is 0 Å². The van der Waals surface area contributed by atoms with E-state index in [0.717, 1.165) is 5.56 Å². The number of nitrogens with one attached hydrogen (secondary N) is 3. The van der Waals surface area contributed by atoms with Crippen LogP contribution in [0.2, 0.25) is 0 Å². The third-order valence-corrected chi connectivity index (χ3v) is 4.39. The lowest BCUT2D eigenvalue weighted by Gasteiger charge is -2.26. The fourth-order valence-electron chi connectivity index (χ4n) is 2.99. The number of carboxylic acids is 1. The zero-order valence-corrected chi connectivity index (χ0v) is 14.4. The second kappa shape index (κ2) is 9.05. The van der Waals surface area contributed by atoms with Crippen LogP contribution in [0.25, 0.3) is 0 Å². The minimum absolute atomic E-state index is 0.0114. The standard InChI is InChI=1S/C18H25N3O4/c1-2-19-16(22)14-5-3-4-12(10-14)11-20-18(25)21-15-8-6-13(7-9-15)17(23)24/h3-5,10,13,15H,2,6-9,11H2,1H3,(H,19,22)(H,23,24)(H2,20,21,25). The number of carbonyl (C=O) groups excluding carboxylic acids is 2. The smallest absolute Gasteiger partial charge is 0.315 e. The van der Waals surface area contributed by atoms with E-state index in [1.165, 1.54) is 0 Å². The number of amides is 3. The molecule has 0 aromatic heterocycles. The number of aliphatic carboxylic acids is 1. The summed E-state index contributed by atoms with van der Waals surface area (Å²) in [5.74, 6) is -1.18. The van der Waals surface area contributed by atoms with Gasteiger partial charge in [0.25, 0.3) is 5.91 Å². The third-order valence-electron chi connectivity index (χ3n) is 4.39. The van der Waals surface area contributed by atoms with E-state index in [2.05, 4.69) is 16.0 Å². The topological polar surface area (TPSA) is 108 Å². The van der Waals surface area contributed by atoms with Crippen LogP contribution in [0.4, 0.5) is 4.79 Å². The molecule has 4 N–H and O–H groups in total. The van der Waals surface area contributed by atoms with Gasteiger partial charge in [0, 0.05) is 24.7 Å². The molecule has 1 aromatic carbocycles. The van der Waals surface area contributed by atoms with Crippen LogP contribution in [0.15, 0.2) is 24.3 Å². The molecule has 0 aliphatic heterocycles. The zero-order chi connectivity index (χ0) is 18.2. The summed E-state index contributed by atoms with van der Waals surface area (Å²) in [6, 6.07) is 6.85. The minimum atomic E-state index is -0.755. The summed E-state index contributed by atoms with van der Waals surface area (Å²) in [5, 5.41) is 17.4. The van der Waals surface area contributed by atoms with Gasteiger partial charge in [-0.2, -0.15) is 0 Å². The van der Waals surface area contributed by atoms with Gasteiger partial charge in [0.05, 0.1) is 5.92 Å². The number of carboxylic acid groups (broad SMARTS) is 1. The highest BCUT2D eigenvalue weighted by atomic mass is 16.4. The molecule has 25 heavy (non-hydrogen) atoms. The van der Waals surface area contributed by atoms with Crippen LogP contribution in [0.1, 0.15) is 48.5 Å². The number of hydrogen-bond acceptors (Lipinski definition) is 3. The van der Waals surface area contributed by atoms with Gasteiger partial charge >= 0.3 is 12.0 Å². The molecule has 2 rings (SSSR count). The Morgan fingerprint density at radius 1 is 1.12 bits per heavy atom. The second-order valence-electron chi connectivity index (χ2n) is 6.27. The highest BCUT2D eigenvalue weighted by Gasteiger charge is 2.26. The molecule has 7 heteroatoms. The summed E-state index contributed by atoms with van der Waals surface area (Å²) < 4.78 is 0. The molecule has 1 aromatic rings. The molecule has 0 heterocycles. The Hall–Kier alpha value is -2.57. The maximum Gasteiger partial charge on any atom is 0.315 e. The zero-order valence-electron chi connectivity index (χ0n) is 14.4. The first-order valence-electron chi connectivity index (χ1n) is 8.64. The Morgan fingerprint density at radius 3 is 2.48 bits per heavy atom. The molecule has 1 aliphatic rings. The molecule has 1 aliphatic carbocycles. The largest absolute Gasteiger partial charge is 0.481 e. The Balaban J connectivity index is 1.78. The van der Waals surface area contributed by atoms with E-state index in [9.17, 15) is 14.4 Å². The van der Waals surface area contributed by atoms with E-state index >= 15 is 0 Å². The van der Waals surface area contributed by atoms with Crippen LogP contribution in [0.3, 0.4) is 0 Å². The van der Waals surface area contributed by atoms with Crippen molar-refractivity contribution in [2.24, 2.45) is 5.92 Å². The molecule has 3 amide bonds. The van der Waals surface area contributed by atoms with Crippen LogP contribution in [0.5, 0.6) is 0 Å². The predicted octanol–water partition coefficient (Wildman–Crippen LogP) is 1.88. The Kier molecular flexibility index (Phi) is 6.80. The van der Waals surface area contributed by atoms with Gasteiger partial charge in [-0.15, -0.1) is 0 Å². The minimum Gasteiger partial charge on any atom is -0.481 e. The molecule has 7 nitrogen and oxygen atoms in total. The van der Waals surface area contributed by atoms with E-state index in [0.29, 0.717) is 44.3 Å². The molecular weight excluding hydrogens is 322 g/mol. The van der Waals surface area contributed by atoms with E-state index in [-0.39, 0.29) is 23.9 Å². The van der Waals surface area contributed by atoms with Crippen molar-refractivity contribution in [2.75, 3.05) is 6.54 Å². The normalized spacial score (nSPS) is 19.7. The fourth-order valence-corrected chi connectivity index (χ4v) is 2.99. The van der Waals surface area contributed by atoms with Crippen LogP contribution in [-0.2, 0) is 11.3 Å². The Bertz CT molecular complexity index is 625. The summed E-state index contributed by atoms with van der Waals surface area (Å²) in [6.45, 7) is 2.75. The monoisotopic (exact) mass is 347 g/mol. The highest BCUT2D eigenvalue weighted by molar-refractivity contribution is 5.94. The quantitative estimate of drug-likeness (QED) is 0.630. The lowest BCUT2D eigenvalue weighted by atomic mass is 9.86. The number of rotatable bonds is 6. The van der Waals surface area contributed by atoms with Gasteiger partial charge in [-0.1, -0.05) is 12.1 Å². The Morgan fingerprint density at radius 2 is 1.84 bits per heavy atom. The van der Waals surface area contributed by atoms with Crippen molar-refractivity contribution >= 4 is 17.9 Å².